The third kappa shape index (κ3) is 1.51. The molecule has 0 aliphatic carbocycles. The number of urea groups is 1. The maximum atomic E-state index is 11.0. The molecule has 2 amide bonds. The van der Waals surface area contributed by atoms with Gasteiger partial charge in [0.1, 0.15) is 5.75 Å². The van der Waals surface area contributed by atoms with Crippen LogP contribution in [0.3, 0.4) is 0 Å². The minimum Gasteiger partial charge on any atom is -0.496 e. The van der Waals surface area contributed by atoms with Crippen molar-refractivity contribution in [3.63, 3.8) is 0 Å². The highest BCUT2D eigenvalue weighted by molar-refractivity contribution is 5.77. The van der Waals surface area contributed by atoms with Gasteiger partial charge in [-0.3, -0.25) is 0 Å². The number of methoxy groups -OCH3 is 1. The molecule has 4 heteroatoms. The molecule has 0 aromatic heterocycles. The van der Waals surface area contributed by atoms with Gasteiger partial charge in [-0.2, -0.15) is 0 Å². The number of nitrogens with one attached hydrogen (secondary N) is 2. The summed E-state index contributed by atoms with van der Waals surface area (Å²) in [6.07, 6.45) is 0. The zero-order chi connectivity index (χ0) is 9.97. The van der Waals surface area contributed by atoms with Crippen LogP contribution in [0.15, 0.2) is 24.3 Å². The Morgan fingerprint density at radius 3 is 2.86 bits per heavy atom. The molecule has 1 fully saturated rings. The molecule has 2 rings (SSSR count). The van der Waals surface area contributed by atoms with E-state index in [0.29, 0.717) is 6.54 Å². The Morgan fingerprint density at radius 2 is 2.21 bits per heavy atom. The highest BCUT2D eigenvalue weighted by Gasteiger charge is 2.23. The van der Waals surface area contributed by atoms with E-state index in [0.717, 1.165) is 11.3 Å². The van der Waals surface area contributed by atoms with Gasteiger partial charge in [0.15, 0.2) is 0 Å². The topological polar surface area (TPSA) is 50.4 Å². The summed E-state index contributed by atoms with van der Waals surface area (Å²) in [7, 11) is 1.63. The lowest BCUT2D eigenvalue weighted by atomic mass is 10.1. The smallest absolute Gasteiger partial charge is 0.315 e. The molecule has 1 aromatic rings. The second-order valence-corrected chi connectivity index (χ2v) is 3.15. The van der Waals surface area contributed by atoms with Gasteiger partial charge in [-0.05, 0) is 6.07 Å². The number of benzene rings is 1. The van der Waals surface area contributed by atoms with Crippen molar-refractivity contribution >= 4 is 6.03 Å². The molecule has 1 aromatic carbocycles. The summed E-state index contributed by atoms with van der Waals surface area (Å²) < 4.78 is 5.21. The van der Waals surface area contributed by atoms with Crippen molar-refractivity contribution in [2.24, 2.45) is 0 Å². The SMILES string of the molecule is COc1ccccc1C1CNC(=O)N1. The highest BCUT2D eigenvalue weighted by Crippen LogP contribution is 2.25. The fourth-order valence-corrected chi connectivity index (χ4v) is 1.60. The van der Waals surface area contributed by atoms with Crippen molar-refractivity contribution in [1.29, 1.82) is 0 Å². The molecule has 1 aliphatic rings. The van der Waals surface area contributed by atoms with E-state index in [2.05, 4.69) is 10.6 Å². The molecular formula is C10H12N2O2. The molecule has 0 bridgehead atoms. The Bertz CT molecular complexity index is 352. The zero-order valence-corrected chi connectivity index (χ0v) is 7.91. The lowest BCUT2D eigenvalue weighted by Crippen LogP contribution is -2.21. The normalized spacial score (nSPS) is 20.1. The quantitative estimate of drug-likeness (QED) is 0.735. The first-order valence-electron chi connectivity index (χ1n) is 4.48. The molecule has 0 spiro atoms. The highest BCUT2D eigenvalue weighted by atomic mass is 16.5. The predicted octanol–water partition coefficient (Wildman–Crippen LogP) is 1.05. The Balaban J connectivity index is 2.27. The number of hydrogen-bond donors (Lipinski definition) is 2. The molecule has 2 N–H and O–H groups in total. The first-order chi connectivity index (χ1) is 6.81. The van der Waals surface area contributed by atoms with Gasteiger partial charge in [-0.25, -0.2) is 4.79 Å². The molecule has 0 radical (unpaired) electrons. The van der Waals surface area contributed by atoms with Gasteiger partial charge >= 0.3 is 6.03 Å². The molecule has 1 unspecified atom stereocenters. The Labute approximate surface area is 82.3 Å². The molecule has 1 heterocycles. The summed E-state index contributed by atoms with van der Waals surface area (Å²) in [4.78, 5) is 11.0. The average molecular weight is 192 g/mol. The van der Waals surface area contributed by atoms with Crippen molar-refractivity contribution in [3.8, 4) is 5.75 Å². The average Bonchev–Trinajstić information content (AvgIpc) is 2.65. The third-order valence-electron chi connectivity index (χ3n) is 2.29. The minimum absolute atomic E-state index is 0.0126. The van der Waals surface area contributed by atoms with Gasteiger partial charge in [0, 0.05) is 12.1 Å². The van der Waals surface area contributed by atoms with Crippen LogP contribution in [0, 0.1) is 0 Å². The van der Waals surface area contributed by atoms with Crippen LogP contribution in [0.4, 0.5) is 4.79 Å². The van der Waals surface area contributed by atoms with Crippen molar-refractivity contribution in [2.45, 2.75) is 6.04 Å². The van der Waals surface area contributed by atoms with Crippen molar-refractivity contribution in [2.75, 3.05) is 13.7 Å². The second-order valence-electron chi connectivity index (χ2n) is 3.15. The Kier molecular flexibility index (Phi) is 2.26. The molecule has 4 nitrogen and oxygen atoms in total. The number of hydrogen-bond acceptors (Lipinski definition) is 2. The number of ether oxygens (including phenoxy) is 1. The largest absolute Gasteiger partial charge is 0.496 e. The van der Waals surface area contributed by atoms with Gasteiger partial charge in [-0.15, -0.1) is 0 Å². The van der Waals surface area contributed by atoms with Crippen LogP contribution in [-0.4, -0.2) is 19.7 Å². The fraction of sp³-hybridized carbons (Fsp3) is 0.300. The van der Waals surface area contributed by atoms with E-state index in [1.165, 1.54) is 0 Å². The standard InChI is InChI=1S/C10H12N2O2/c1-14-9-5-3-2-4-7(9)8-6-11-10(13)12-8/h2-5,8H,6H2,1H3,(H2,11,12,13). The molecule has 0 saturated carbocycles. The van der Waals surface area contributed by atoms with Crippen LogP contribution in [0.25, 0.3) is 0 Å². The zero-order valence-electron chi connectivity index (χ0n) is 7.91. The van der Waals surface area contributed by atoms with Gasteiger partial charge in [0.2, 0.25) is 0 Å². The van der Waals surface area contributed by atoms with Crippen LogP contribution in [-0.2, 0) is 0 Å². The number of carbonyl (C=O) groups excluding carboxylic acids is 1. The van der Waals surface area contributed by atoms with E-state index in [-0.39, 0.29) is 12.1 Å². The van der Waals surface area contributed by atoms with Crippen LogP contribution >= 0.6 is 0 Å². The van der Waals surface area contributed by atoms with E-state index < -0.39 is 0 Å². The summed E-state index contributed by atoms with van der Waals surface area (Å²) in [6, 6.07) is 7.57. The van der Waals surface area contributed by atoms with Crippen LogP contribution in [0.2, 0.25) is 0 Å². The second kappa shape index (κ2) is 3.57. The van der Waals surface area contributed by atoms with E-state index in [4.69, 9.17) is 4.74 Å². The van der Waals surface area contributed by atoms with Crippen LogP contribution in [0.5, 0.6) is 5.75 Å². The molecular weight excluding hydrogens is 180 g/mol. The van der Waals surface area contributed by atoms with E-state index in [9.17, 15) is 4.79 Å². The molecule has 1 saturated heterocycles. The minimum atomic E-state index is -0.124. The number of amides is 2. The predicted molar refractivity (Wildman–Crippen MR) is 52.3 cm³/mol. The fourth-order valence-electron chi connectivity index (χ4n) is 1.60. The molecule has 14 heavy (non-hydrogen) atoms. The van der Waals surface area contributed by atoms with Gasteiger partial charge in [-0.1, -0.05) is 18.2 Å². The van der Waals surface area contributed by atoms with Crippen LogP contribution in [0.1, 0.15) is 11.6 Å². The summed E-state index contributed by atoms with van der Waals surface area (Å²) >= 11 is 0. The van der Waals surface area contributed by atoms with E-state index in [1.54, 1.807) is 7.11 Å². The lowest BCUT2D eigenvalue weighted by Gasteiger charge is -2.12. The van der Waals surface area contributed by atoms with Gasteiger partial charge < -0.3 is 15.4 Å². The summed E-state index contributed by atoms with van der Waals surface area (Å²) in [5.74, 6) is 0.807. The number of carbonyl (C=O) groups is 1. The maximum absolute atomic E-state index is 11.0. The molecule has 74 valence electrons. The monoisotopic (exact) mass is 192 g/mol. The molecule has 1 aliphatic heterocycles. The van der Waals surface area contributed by atoms with Crippen molar-refractivity contribution < 1.29 is 9.53 Å². The maximum Gasteiger partial charge on any atom is 0.315 e. The van der Waals surface area contributed by atoms with Crippen LogP contribution < -0.4 is 15.4 Å². The lowest BCUT2D eigenvalue weighted by molar-refractivity contribution is 0.247. The third-order valence-corrected chi connectivity index (χ3v) is 2.29. The van der Waals surface area contributed by atoms with Crippen molar-refractivity contribution in [3.05, 3.63) is 29.8 Å². The molecule has 1 atom stereocenters. The van der Waals surface area contributed by atoms with E-state index in [1.807, 2.05) is 24.3 Å². The number of para-hydroxylation sites is 1. The van der Waals surface area contributed by atoms with Gasteiger partial charge in [0.25, 0.3) is 0 Å². The summed E-state index contributed by atoms with van der Waals surface area (Å²) in [5.41, 5.74) is 1.01. The summed E-state index contributed by atoms with van der Waals surface area (Å²) in [6.45, 7) is 0.610. The van der Waals surface area contributed by atoms with Crippen molar-refractivity contribution in [1.82, 2.24) is 10.6 Å². The summed E-state index contributed by atoms with van der Waals surface area (Å²) in [5, 5.41) is 5.53. The first-order valence-corrected chi connectivity index (χ1v) is 4.48. The number of rotatable bonds is 2. The Morgan fingerprint density at radius 1 is 1.43 bits per heavy atom. The Hall–Kier alpha value is -1.71. The van der Waals surface area contributed by atoms with Gasteiger partial charge in [0.05, 0.1) is 13.2 Å². The van der Waals surface area contributed by atoms with E-state index >= 15 is 0 Å². The first kappa shape index (κ1) is 8.87.